The van der Waals surface area contributed by atoms with Crippen molar-refractivity contribution in [3.8, 4) is 0 Å². The number of nitrogens with zero attached hydrogens (tertiary/aromatic N) is 2. The summed E-state index contributed by atoms with van der Waals surface area (Å²) in [6.07, 6.45) is 5.13. The molecule has 2 fully saturated rings. The molecular weight excluding hydrogens is 258 g/mol. The van der Waals surface area contributed by atoms with E-state index in [1.807, 2.05) is 6.92 Å². The number of benzene rings is 1. The zero-order valence-electron chi connectivity index (χ0n) is 12.9. The van der Waals surface area contributed by atoms with E-state index in [1.54, 1.807) is 0 Å². The van der Waals surface area contributed by atoms with Crippen LogP contribution in [0.1, 0.15) is 55.3 Å². The van der Waals surface area contributed by atoms with Gasteiger partial charge in [0.2, 0.25) is 0 Å². The lowest BCUT2D eigenvalue weighted by Crippen LogP contribution is -2.40. The lowest BCUT2D eigenvalue weighted by molar-refractivity contribution is 0.236. The molecular formula is C18H23N3. The third-order valence-corrected chi connectivity index (χ3v) is 5.48. The van der Waals surface area contributed by atoms with Crippen LogP contribution in [0.4, 0.5) is 5.69 Å². The van der Waals surface area contributed by atoms with Crippen molar-refractivity contribution in [1.29, 1.82) is 0 Å². The molecule has 3 aliphatic rings. The summed E-state index contributed by atoms with van der Waals surface area (Å²) in [4.78, 5) is 7.45. The standard InChI is InChI=1S/C18H23N3/c1-11-9-14(12(2)19)16-15(10-11)13(3)21-8-7-18(5-4-6-18)17(21)20-16/h9-10,12H,3-8,19H2,1-2H3. The van der Waals surface area contributed by atoms with E-state index in [4.69, 9.17) is 10.7 Å². The fourth-order valence-electron chi connectivity index (χ4n) is 4.10. The molecule has 0 radical (unpaired) electrons. The normalized spacial score (nSPS) is 23.5. The van der Waals surface area contributed by atoms with Crippen molar-refractivity contribution in [3.63, 3.8) is 0 Å². The van der Waals surface area contributed by atoms with Gasteiger partial charge in [-0.25, -0.2) is 4.99 Å². The minimum absolute atomic E-state index is 0.00101. The SMILES string of the molecule is C=C1c2cc(C)cc(C(C)N)c2N=C2N1CCC21CCC1. The number of aryl methyl sites for hydroxylation is 1. The van der Waals surface area contributed by atoms with E-state index >= 15 is 0 Å². The molecule has 4 rings (SSSR count). The molecule has 0 aromatic heterocycles. The summed E-state index contributed by atoms with van der Waals surface area (Å²) in [6, 6.07) is 4.38. The van der Waals surface area contributed by atoms with Crippen LogP contribution in [0.5, 0.6) is 0 Å². The maximum atomic E-state index is 6.19. The first-order valence-corrected chi connectivity index (χ1v) is 7.98. The minimum Gasteiger partial charge on any atom is -0.329 e. The molecule has 3 nitrogen and oxygen atoms in total. The Hall–Kier alpha value is -1.61. The molecule has 1 atom stereocenters. The predicted octanol–water partition coefficient (Wildman–Crippen LogP) is 3.91. The van der Waals surface area contributed by atoms with Gasteiger partial charge >= 0.3 is 0 Å². The molecule has 2 aliphatic heterocycles. The molecule has 2 N–H and O–H groups in total. The first-order chi connectivity index (χ1) is 10.0. The van der Waals surface area contributed by atoms with E-state index < -0.39 is 0 Å². The number of hydrogen-bond acceptors (Lipinski definition) is 3. The summed E-state index contributed by atoms with van der Waals surface area (Å²) in [5, 5.41) is 0. The molecule has 3 heteroatoms. The molecule has 1 saturated carbocycles. The number of hydrogen-bond donors (Lipinski definition) is 1. The van der Waals surface area contributed by atoms with Crippen LogP contribution in [0, 0.1) is 12.3 Å². The smallest absolute Gasteiger partial charge is 0.116 e. The molecule has 1 unspecified atom stereocenters. The van der Waals surface area contributed by atoms with E-state index in [1.165, 1.54) is 42.6 Å². The Morgan fingerprint density at radius 1 is 1.33 bits per heavy atom. The number of fused-ring (bicyclic) bond motifs is 3. The first-order valence-electron chi connectivity index (χ1n) is 7.98. The summed E-state index contributed by atoms with van der Waals surface area (Å²) in [5.41, 5.74) is 12.3. The summed E-state index contributed by atoms with van der Waals surface area (Å²) >= 11 is 0. The Kier molecular flexibility index (Phi) is 2.62. The quantitative estimate of drug-likeness (QED) is 0.848. The lowest BCUT2D eigenvalue weighted by atomic mass is 9.67. The second kappa shape index (κ2) is 4.20. The lowest BCUT2D eigenvalue weighted by Gasteiger charge is -2.41. The monoisotopic (exact) mass is 281 g/mol. The minimum atomic E-state index is 0.00101. The Labute approximate surface area is 126 Å². The van der Waals surface area contributed by atoms with E-state index in [2.05, 4.69) is 30.5 Å². The highest BCUT2D eigenvalue weighted by atomic mass is 15.3. The van der Waals surface area contributed by atoms with Gasteiger partial charge in [-0.2, -0.15) is 0 Å². The van der Waals surface area contributed by atoms with Gasteiger partial charge in [0.05, 0.1) is 5.69 Å². The summed E-state index contributed by atoms with van der Waals surface area (Å²) in [7, 11) is 0. The van der Waals surface area contributed by atoms with Crippen molar-refractivity contribution in [1.82, 2.24) is 4.90 Å². The van der Waals surface area contributed by atoms with Crippen molar-refractivity contribution < 1.29 is 0 Å². The molecule has 0 bridgehead atoms. The topological polar surface area (TPSA) is 41.6 Å². The summed E-state index contributed by atoms with van der Waals surface area (Å²) in [6.45, 7) is 9.60. The fraction of sp³-hybridized carbons (Fsp3) is 0.500. The Balaban J connectivity index is 1.93. The van der Waals surface area contributed by atoms with Gasteiger partial charge in [-0.15, -0.1) is 0 Å². The molecule has 1 aromatic rings. The number of aliphatic imine (C=N–C) groups is 1. The zero-order chi connectivity index (χ0) is 14.8. The highest BCUT2D eigenvalue weighted by molar-refractivity contribution is 6.03. The second-order valence-corrected chi connectivity index (χ2v) is 6.96. The third kappa shape index (κ3) is 1.67. The van der Waals surface area contributed by atoms with Crippen molar-refractivity contribution in [2.24, 2.45) is 16.1 Å². The van der Waals surface area contributed by atoms with Gasteiger partial charge in [-0.3, -0.25) is 0 Å². The van der Waals surface area contributed by atoms with Crippen molar-refractivity contribution in [3.05, 3.63) is 35.4 Å². The maximum Gasteiger partial charge on any atom is 0.116 e. The fourth-order valence-corrected chi connectivity index (χ4v) is 4.10. The molecule has 21 heavy (non-hydrogen) atoms. The third-order valence-electron chi connectivity index (χ3n) is 5.48. The Bertz CT molecular complexity index is 665. The van der Waals surface area contributed by atoms with Gasteiger partial charge in [-0.1, -0.05) is 19.1 Å². The highest BCUT2D eigenvalue weighted by Crippen LogP contribution is 2.54. The van der Waals surface area contributed by atoms with Crippen LogP contribution in [0.25, 0.3) is 5.70 Å². The molecule has 110 valence electrons. The Morgan fingerprint density at radius 2 is 2.10 bits per heavy atom. The van der Waals surface area contributed by atoms with Crippen LogP contribution in [0.3, 0.4) is 0 Å². The first kappa shape index (κ1) is 13.1. The van der Waals surface area contributed by atoms with Gasteiger partial charge < -0.3 is 10.6 Å². The van der Waals surface area contributed by atoms with Gasteiger partial charge in [0.1, 0.15) is 5.84 Å². The van der Waals surface area contributed by atoms with Crippen LogP contribution in [-0.4, -0.2) is 17.3 Å². The van der Waals surface area contributed by atoms with E-state index in [-0.39, 0.29) is 6.04 Å². The molecule has 1 aromatic carbocycles. The van der Waals surface area contributed by atoms with Gasteiger partial charge in [0.25, 0.3) is 0 Å². The maximum absolute atomic E-state index is 6.19. The highest BCUT2D eigenvalue weighted by Gasteiger charge is 2.50. The average molecular weight is 281 g/mol. The van der Waals surface area contributed by atoms with Crippen LogP contribution < -0.4 is 5.73 Å². The van der Waals surface area contributed by atoms with Crippen molar-refractivity contribution >= 4 is 17.2 Å². The molecule has 0 amide bonds. The summed E-state index contributed by atoms with van der Waals surface area (Å²) in [5.74, 6) is 1.26. The van der Waals surface area contributed by atoms with E-state index in [0.29, 0.717) is 5.41 Å². The van der Waals surface area contributed by atoms with E-state index in [9.17, 15) is 0 Å². The molecule has 1 aliphatic carbocycles. The number of amidine groups is 1. The van der Waals surface area contributed by atoms with Crippen LogP contribution in [0.2, 0.25) is 0 Å². The predicted molar refractivity (Wildman–Crippen MR) is 87.5 cm³/mol. The van der Waals surface area contributed by atoms with Crippen LogP contribution in [-0.2, 0) is 0 Å². The zero-order valence-corrected chi connectivity index (χ0v) is 12.9. The average Bonchev–Trinajstić information content (AvgIpc) is 2.78. The second-order valence-electron chi connectivity index (χ2n) is 6.96. The van der Waals surface area contributed by atoms with E-state index in [0.717, 1.165) is 23.5 Å². The molecule has 1 saturated heterocycles. The molecule has 2 heterocycles. The van der Waals surface area contributed by atoms with Gasteiger partial charge in [0.15, 0.2) is 0 Å². The summed E-state index contributed by atoms with van der Waals surface area (Å²) < 4.78 is 0. The number of rotatable bonds is 1. The largest absolute Gasteiger partial charge is 0.329 e. The van der Waals surface area contributed by atoms with Crippen molar-refractivity contribution in [2.45, 2.75) is 45.6 Å². The Morgan fingerprint density at radius 3 is 2.71 bits per heavy atom. The van der Waals surface area contributed by atoms with Crippen LogP contribution >= 0.6 is 0 Å². The van der Waals surface area contributed by atoms with Crippen LogP contribution in [0.15, 0.2) is 23.7 Å². The van der Waals surface area contributed by atoms with Crippen molar-refractivity contribution in [2.75, 3.05) is 6.54 Å². The van der Waals surface area contributed by atoms with Gasteiger partial charge in [-0.05, 0) is 50.3 Å². The molecule has 1 spiro atoms. The van der Waals surface area contributed by atoms with Gasteiger partial charge in [0, 0.05) is 29.3 Å². The number of nitrogens with two attached hydrogens (primary N) is 1.